The number of fused-ring (bicyclic) bond motifs is 1. The molecule has 2 aromatic heterocycles. The van der Waals surface area contributed by atoms with Gasteiger partial charge in [0.2, 0.25) is 5.88 Å². The highest BCUT2D eigenvalue weighted by Gasteiger charge is 2.16. The zero-order valence-corrected chi connectivity index (χ0v) is 15.9. The summed E-state index contributed by atoms with van der Waals surface area (Å²) in [6.07, 6.45) is 1.80. The third-order valence-electron chi connectivity index (χ3n) is 4.32. The van der Waals surface area contributed by atoms with Crippen LogP contribution in [0.1, 0.15) is 30.7 Å². The van der Waals surface area contributed by atoms with Crippen LogP contribution in [0.15, 0.2) is 36.5 Å². The predicted octanol–water partition coefficient (Wildman–Crippen LogP) is 5.30. The first kappa shape index (κ1) is 19.3. The van der Waals surface area contributed by atoms with Gasteiger partial charge in [0, 0.05) is 23.8 Å². The second kappa shape index (κ2) is 7.87. The van der Waals surface area contributed by atoms with Crippen molar-refractivity contribution in [2.24, 2.45) is 5.92 Å². The Hall–Kier alpha value is -2.07. The van der Waals surface area contributed by atoms with E-state index in [1.807, 2.05) is 18.2 Å². The van der Waals surface area contributed by atoms with Crippen LogP contribution in [0.4, 0.5) is 4.39 Å². The molecule has 3 aromatic rings. The summed E-state index contributed by atoms with van der Waals surface area (Å²) < 4.78 is 21.3. The largest absolute Gasteiger partial charge is 0.476 e. The lowest BCUT2D eigenvalue weighted by molar-refractivity contribution is 0.263. The first-order valence-corrected chi connectivity index (χ1v) is 8.29. The Morgan fingerprint density at radius 1 is 1.12 bits per heavy atom. The molecule has 0 aliphatic carbocycles. The number of rotatable bonds is 5. The molecular formula is C20H24ClFN2O. The topological polar surface area (TPSA) is 27.1 Å². The van der Waals surface area contributed by atoms with E-state index in [1.165, 1.54) is 23.4 Å². The SMILES string of the molecule is Cc1c(C)n(Cc2ccc(F)cc2)c2c(OCC(C)C)nccc12.Cl. The maximum atomic E-state index is 13.2. The van der Waals surface area contributed by atoms with Gasteiger partial charge in [-0.3, -0.25) is 0 Å². The molecule has 0 N–H and O–H groups in total. The van der Waals surface area contributed by atoms with Crippen LogP contribution in [0.5, 0.6) is 5.88 Å². The van der Waals surface area contributed by atoms with Crippen molar-refractivity contribution in [1.82, 2.24) is 9.55 Å². The summed E-state index contributed by atoms with van der Waals surface area (Å²) in [5.74, 6) is 0.885. The molecule has 0 spiro atoms. The number of ether oxygens (including phenoxy) is 1. The van der Waals surface area contributed by atoms with Crippen molar-refractivity contribution >= 4 is 23.3 Å². The van der Waals surface area contributed by atoms with Gasteiger partial charge in [-0.1, -0.05) is 26.0 Å². The van der Waals surface area contributed by atoms with E-state index in [2.05, 4.69) is 37.2 Å². The van der Waals surface area contributed by atoms with Crippen molar-refractivity contribution in [1.29, 1.82) is 0 Å². The maximum absolute atomic E-state index is 13.2. The fourth-order valence-electron chi connectivity index (χ4n) is 2.88. The molecule has 1 aromatic carbocycles. The first-order valence-electron chi connectivity index (χ1n) is 8.29. The number of aryl methyl sites for hydroxylation is 1. The number of pyridine rings is 1. The average Bonchev–Trinajstić information content (AvgIpc) is 2.80. The lowest BCUT2D eigenvalue weighted by atomic mass is 10.2. The Morgan fingerprint density at radius 2 is 1.80 bits per heavy atom. The third kappa shape index (κ3) is 3.96. The third-order valence-corrected chi connectivity index (χ3v) is 4.32. The summed E-state index contributed by atoms with van der Waals surface area (Å²) in [6, 6.07) is 8.66. The van der Waals surface area contributed by atoms with Crippen LogP contribution in [0, 0.1) is 25.6 Å². The van der Waals surface area contributed by atoms with Crippen molar-refractivity contribution in [2.75, 3.05) is 6.61 Å². The predicted molar refractivity (Wildman–Crippen MR) is 102 cm³/mol. The van der Waals surface area contributed by atoms with E-state index < -0.39 is 0 Å². The number of aromatic nitrogens is 2. The molecule has 0 bridgehead atoms. The van der Waals surface area contributed by atoms with Gasteiger partial charge in [-0.2, -0.15) is 0 Å². The van der Waals surface area contributed by atoms with Gasteiger partial charge in [-0.15, -0.1) is 12.4 Å². The fourth-order valence-corrected chi connectivity index (χ4v) is 2.88. The van der Waals surface area contributed by atoms with Gasteiger partial charge in [0.15, 0.2) is 0 Å². The van der Waals surface area contributed by atoms with Gasteiger partial charge in [-0.25, -0.2) is 9.37 Å². The van der Waals surface area contributed by atoms with Gasteiger partial charge >= 0.3 is 0 Å². The Bertz CT molecular complexity index is 856. The molecule has 25 heavy (non-hydrogen) atoms. The summed E-state index contributed by atoms with van der Waals surface area (Å²) in [5.41, 5.74) is 4.47. The van der Waals surface area contributed by atoms with E-state index in [4.69, 9.17) is 4.74 Å². The van der Waals surface area contributed by atoms with Gasteiger partial charge < -0.3 is 9.30 Å². The molecule has 0 saturated heterocycles. The van der Waals surface area contributed by atoms with Crippen LogP contribution in [0.25, 0.3) is 10.9 Å². The molecule has 2 heterocycles. The van der Waals surface area contributed by atoms with Crippen molar-refractivity contribution in [2.45, 2.75) is 34.2 Å². The molecule has 0 aliphatic rings. The normalized spacial score (nSPS) is 11.0. The first-order chi connectivity index (χ1) is 11.5. The summed E-state index contributed by atoms with van der Waals surface area (Å²) in [5, 5.41) is 1.16. The van der Waals surface area contributed by atoms with Gasteiger partial charge in [0.25, 0.3) is 0 Å². The molecule has 0 saturated carbocycles. The standard InChI is InChI=1S/C20H23FN2O.ClH/c1-13(2)12-24-20-19-18(9-10-22-20)14(3)15(4)23(19)11-16-5-7-17(21)8-6-16;/h5-10,13H,11-12H2,1-4H3;1H. The molecule has 0 fully saturated rings. The quantitative estimate of drug-likeness (QED) is 0.616. The number of nitrogens with zero attached hydrogens (tertiary/aromatic N) is 2. The minimum Gasteiger partial charge on any atom is -0.476 e. The second-order valence-electron chi connectivity index (χ2n) is 6.64. The van der Waals surface area contributed by atoms with Crippen molar-refractivity contribution in [3.63, 3.8) is 0 Å². The monoisotopic (exact) mass is 362 g/mol. The van der Waals surface area contributed by atoms with E-state index in [1.54, 1.807) is 6.20 Å². The van der Waals surface area contributed by atoms with Gasteiger partial charge in [-0.05, 0) is 49.1 Å². The molecule has 5 heteroatoms. The molecule has 3 rings (SSSR count). The smallest absolute Gasteiger partial charge is 0.238 e. The van der Waals surface area contributed by atoms with Gasteiger partial charge in [0.05, 0.1) is 6.61 Å². The van der Waals surface area contributed by atoms with Crippen LogP contribution >= 0.6 is 12.4 Å². The van der Waals surface area contributed by atoms with Crippen LogP contribution in [-0.4, -0.2) is 16.2 Å². The molecular weight excluding hydrogens is 339 g/mol. The molecule has 0 aliphatic heterocycles. The molecule has 3 nitrogen and oxygen atoms in total. The molecule has 134 valence electrons. The fraction of sp³-hybridized carbons (Fsp3) is 0.350. The van der Waals surface area contributed by atoms with Crippen LogP contribution in [-0.2, 0) is 6.54 Å². The second-order valence-corrected chi connectivity index (χ2v) is 6.64. The Labute approximate surface area is 154 Å². The van der Waals surface area contributed by atoms with E-state index in [0.717, 1.165) is 16.5 Å². The van der Waals surface area contributed by atoms with Crippen LogP contribution < -0.4 is 4.74 Å². The molecule has 0 amide bonds. The van der Waals surface area contributed by atoms with Crippen molar-refractivity contribution in [3.8, 4) is 5.88 Å². The Balaban J connectivity index is 0.00000225. The van der Waals surface area contributed by atoms with Crippen LogP contribution in [0.3, 0.4) is 0 Å². The summed E-state index contributed by atoms with van der Waals surface area (Å²) in [4.78, 5) is 4.45. The summed E-state index contributed by atoms with van der Waals surface area (Å²) >= 11 is 0. The zero-order valence-electron chi connectivity index (χ0n) is 15.0. The molecule has 0 unspecified atom stereocenters. The molecule has 0 radical (unpaired) electrons. The van der Waals surface area contributed by atoms with Crippen molar-refractivity contribution in [3.05, 3.63) is 59.2 Å². The Morgan fingerprint density at radius 3 is 2.44 bits per heavy atom. The number of benzene rings is 1. The number of halogens is 2. The lowest BCUT2D eigenvalue weighted by Crippen LogP contribution is -2.08. The highest BCUT2D eigenvalue weighted by atomic mass is 35.5. The number of hydrogen-bond acceptors (Lipinski definition) is 2. The summed E-state index contributed by atoms with van der Waals surface area (Å²) in [6.45, 7) is 9.75. The summed E-state index contributed by atoms with van der Waals surface area (Å²) in [7, 11) is 0. The van der Waals surface area contributed by atoms with Crippen molar-refractivity contribution < 1.29 is 9.13 Å². The highest BCUT2D eigenvalue weighted by Crippen LogP contribution is 2.31. The minimum absolute atomic E-state index is 0. The number of hydrogen-bond donors (Lipinski definition) is 0. The molecule has 0 atom stereocenters. The highest BCUT2D eigenvalue weighted by molar-refractivity contribution is 5.89. The van der Waals surface area contributed by atoms with E-state index in [9.17, 15) is 4.39 Å². The van der Waals surface area contributed by atoms with E-state index in [0.29, 0.717) is 24.9 Å². The van der Waals surface area contributed by atoms with Crippen LogP contribution in [0.2, 0.25) is 0 Å². The van der Waals surface area contributed by atoms with E-state index >= 15 is 0 Å². The lowest BCUT2D eigenvalue weighted by Gasteiger charge is -2.13. The zero-order chi connectivity index (χ0) is 17.3. The Kier molecular flexibility index (Phi) is 6.07. The minimum atomic E-state index is -0.216. The maximum Gasteiger partial charge on any atom is 0.238 e. The average molecular weight is 363 g/mol. The van der Waals surface area contributed by atoms with Gasteiger partial charge in [0.1, 0.15) is 11.3 Å². The van der Waals surface area contributed by atoms with E-state index in [-0.39, 0.29) is 18.2 Å².